The average Bonchev–Trinajstić information content (AvgIpc) is 3.38. The molecule has 4 rings (SSSR count). The van der Waals surface area contributed by atoms with Crippen LogP contribution in [0, 0.1) is 5.92 Å². The molecule has 39 heavy (non-hydrogen) atoms. The van der Waals surface area contributed by atoms with Gasteiger partial charge < -0.3 is 9.26 Å². The predicted molar refractivity (Wildman–Crippen MR) is 144 cm³/mol. The Morgan fingerprint density at radius 1 is 1.13 bits per heavy atom. The average molecular weight is 557 g/mol. The topological polar surface area (TPSA) is 141 Å². The lowest BCUT2D eigenvalue weighted by molar-refractivity contribution is -0.155. The predicted octanol–water partition coefficient (Wildman–Crippen LogP) is 5.30. The van der Waals surface area contributed by atoms with Gasteiger partial charge in [-0.25, -0.2) is 13.1 Å². The summed E-state index contributed by atoms with van der Waals surface area (Å²) in [5.74, 6) is -1.52. The molecule has 0 spiro atoms. The number of para-hydroxylation sites is 1. The Kier molecular flexibility index (Phi) is 8.99. The van der Waals surface area contributed by atoms with E-state index in [1.54, 1.807) is 45.0 Å². The molecule has 1 N–H and O–H groups in total. The van der Waals surface area contributed by atoms with Gasteiger partial charge in [-0.05, 0) is 45.2 Å². The molecule has 1 unspecified atom stereocenters. The van der Waals surface area contributed by atoms with Gasteiger partial charge in [0.05, 0.1) is 11.9 Å². The third kappa shape index (κ3) is 7.84. The quantitative estimate of drug-likeness (QED) is 0.329. The first-order chi connectivity index (χ1) is 18.5. The largest absolute Gasteiger partial charge is 0.460 e. The van der Waals surface area contributed by atoms with Crippen molar-refractivity contribution in [3.8, 4) is 0 Å². The third-order valence-electron chi connectivity index (χ3n) is 6.83. The Morgan fingerprint density at radius 2 is 1.87 bits per heavy atom. The maximum Gasteiger partial charge on any atom is 0.307 e. The molecule has 11 heteroatoms. The normalized spacial score (nSPS) is 15.7. The smallest absolute Gasteiger partial charge is 0.307 e. The van der Waals surface area contributed by atoms with Gasteiger partial charge in [0, 0.05) is 17.5 Å². The van der Waals surface area contributed by atoms with E-state index >= 15 is 0 Å². The van der Waals surface area contributed by atoms with Gasteiger partial charge in [-0.3, -0.25) is 14.6 Å². The summed E-state index contributed by atoms with van der Waals surface area (Å²) < 4.78 is 38.9. The molecule has 1 atom stereocenters. The summed E-state index contributed by atoms with van der Waals surface area (Å²) in [5.41, 5.74) is -0.404. The van der Waals surface area contributed by atoms with Gasteiger partial charge in [0.25, 0.3) is 15.8 Å². The number of hydrogen-bond acceptors (Lipinski definition) is 9. The van der Waals surface area contributed by atoms with Gasteiger partial charge in [-0.15, -0.1) is 0 Å². The Balaban J connectivity index is 1.48. The molecular weight excluding hydrogens is 520 g/mol. The molecule has 3 aromatic rings. The molecule has 1 aliphatic rings. The highest BCUT2D eigenvalue weighted by atomic mass is 32.2. The van der Waals surface area contributed by atoms with Crippen LogP contribution in [0.3, 0.4) is 0 Å². The van der Waals surface area contributed by atoms with Crippen LogP contribution in [0.5, 0.6) is 0 Å². The molecular formula is C28H36N4O6S. The number of aromatic nitrogens is 3. The lowest BCUT2D eigenvalue weighted by Gasteiger charge is -2.23. The summed E-state index contributed by atoms with van der Waals surface area (Å²) in [4.78, 5) is 33.7. The van der Waals surface area contributed by atoms with Crippen molar-refractivity contribution in [2.24, 2.45) is 5.92 Å². The second-order valence-corrected chi connectivity index (χ2v) is 12.8. The first-order valence-corrected chi connectivity index (χ1v) is 15.0. The summed E-state index contributed by atoms with van der Waals surface area (Å²) in [6.45, 7) is 5.39. The lowest BCUT2D eigenvalue weighted by Crippen LogP contribution is -2.31. The van der Waals surface area contributed by atoms with E-state index in [0.29, 0.717) is 17.7 Å². The number of nitrogens with one attached hydrogen (secondary N) is 1. The van der Waals surface area contributed by atoms with Crippen molar-refractivity contribution < 1.29 is 27.3 Å². The standard InChI is InChI=1S/C28H36N4O6S/c1-28(2,3)37-23(33)18-21(14-7-12-19-10-5-4-6-11-19)27-30-25(31-38-27)26(34)32-39(35,36)22-16-8-13-20-15-9-17-29-24(20)22/h8-9,13,15-17,19,21H,4-7,10-12,14,18H2,1-3H3,(H,32,34). The number of carbonyl (C=O) groups excluding carboxylic acids is 2. The first kappa shape index (κ1) is 28.7. The van der Waals surface area contributed by atoms with E-state index in [0.717, 1.165) is 12.8 Å². The van der Waals surface area contributed by atoms with Crippen molar-refractivity contribution in [1.29, 1.82) is 0 Å². The molecule has 0 bridgehead atoms. The van der Waals surface area contributed by atoms with Crippen LogP contribution < -0.4 is 4.72 Å². The molecule has 0 radical (unpaired) electrons. The Labute approximate surface area is 229 Å². The number of hydrogen-bond donors (Lipinski definition) is 1. The van der Waals surface area contributed by atoms with Gasteiger partial charge in [-0.1, -0.05) is 68.3 Å². The fraction of sp³-hybridized carbons (Fsp3) is 0.536. The molecule has 1 amide bonds. The van der Waals surface area contributed by atoms with Crippen molar-refractivity contribution in [3.05, 3.63) is 48.2 Å². The summed E-state index contributed by atoms with van der Waals surface area (Å²) in [7, 11) is -4.27. The van der Waals surface area contributed by atoms with Crippen LogP contribution in [0.25, 0.3) is 10.9 Å². The second-order valence-electron chi connectivity index (χ2n) is 11.1. The maximum absolute atomic E-state index is 13.0. The van der Waals surface area contributed by atoms with E-state index < -0.39 is 39.2 Å². The van der Waals surface area contributed by atoms with Crippen LogP contribution in [0.2, 0.25) is 0 Å². The molecule has 2 aromatic heterocycles. The zero-order chi connectivity index (χ0) is 28.0. The second kappa shape index (κ2) is 12.2. The number of amides is 1. The highest BCUT2D eigenvalue weighted by molar-refractivity contribution is 7.90. The van der Waals surface area contributed by atoms with Gasteiger partial charge in [0.15, 0.2) is 0 Å². The van der Waals surface area contributed by atoms with Crippen LogP contribution in [-0.2, 0) is 19.6 Å². The molecule has 1 aliphatic carbocycles. The SMILES string of the molecule is CC(C)(C)OC(=O)CC(CCCC1CCCCC1)c1nc(C(=O)NS(=O)(=O)c2cccc3cccnc23)no1. The Hall–Kier alpha value is -3.34. The fourth-order valence-corrected chi connectivity index (χ4v) is 6.16. The molecule has 10 nitrogen and oxygen atoms in total. The van der Waals surface area contributed by atoms with Gasteiger partial charge >= 0.3 is 11.9 Å². The number of pyridine rings is 1. The van der Waals surface area contributed by atoms with E-state index in [1.807, 2.05) is 4.72 Å². The summed E-state index contributed by atoms with van der Waals surface area (Å²) in [6.07, 6.45) is 10.3. The molecule has 2 heterocycles. The maximum atomic E-state index is 13.0. The van der Waals surface area contributed by atoms with Crippen molar-refractivity contribution in [2.45, 2.75) is 95.0 Å². The van der Waals surface area contributed by atoms with Crippen molar-refractivity contribution >= 4 is 32.8 Å². The van der Waals surface area contributed by atoms with Crippen LogP contribution >= 0.6 is 0 Å². The Bertz CT molecular complexity index is 1400. The molecule has 1 saturated carbocycles. The zero-order valence-electron chi connectivity index (χ0n) is 22.7. The zero-order valence-corrected chi connectivity index (χ0v) is 23.5. The van der Waals surface area contributed by atoms with Crippen molar-refractivity contribution in [3.63, 3.8) is 0 Å². The van der Waals surface area contributed by atoms with Crippen LogP contribution in [0.4, 0.5) is 0 Å². The number of rotatable bonds is 10. The number of nitrogens with zero attached hydrogens (tertiary/aromatic N) is 3. The monoisotopic (exact) mass is 556 g/mol. The number of benzene rings is 1. The molecule has 210 valence electrons. The van der Waals surface area contributed by atoms with Gasteiger partial charge in [0.2, 0.25) is 5.89 Å². The van der Waals surface area contributed by atoms with Gasteiger partial charge in [0.1, 0.15) is 10.5 Å². The lowest BCUT2D eigenvalue weighted by atomic mass is 9.84. The first-order valence-electron chi connectivity index (χ1n) is 13.5. The molecule has 0 saturated heterocycles. The third-order valence-corrected chi connectivity index (χ3v) is 8.19. The van der Waals surface area contributed by atoms with Crippen molar-refractivity contribution in [1.82, 2.24) is 19.8 Å². The number of ether oxygens (including phenoxy) is 1. The molecule has 1 fully saturated rings. The number of sulfonamides is 1. The van der Waals surface area contributed by atoms with E-state index in [1.165, 1.54) is 44.4 Å². The van der Waals surface area contributed by atoms with E-state index in [2.05, 4.69) is 15.1 Å². The van der Waals surface area contributed by atoms with Gasteiger partial charge in [-0.2, -0.15) is 4.98 Å². The minimum absolute atomic E-state index is 0.0190. The number of fused-ring (bicyclic) bond motifs is 1. The summed E-state index contributed by atoms with van der Waals surface area (Å²) >= 11 is 0. The minimum Gasteiger partial charge on any atom is -0.460 e. The van der Waals surface area contributed by atoms with Crippen LogP contribution in [0.1, 0.15) is 101 Å². The summed E-state index contributed by atoms with van der Waals surface area (Å²) in [6, 6.07) is 8.10. The fourth-order valence-electron chi connectivity index (χ4n) is 5.03. The van der Waals surface area contributed by atoms with E-state index in [4.69, 9.17) is 9.26 Å². The van der Waals surface area contributed by atoms with E-state index in [-0.39, 0.29) is 22.7 Å². The van der Waals surface area contributed by atoms with Crippen molar-refractivity contribution in [2.75, 3.05) is 0 Å². The van der Waals surface area contributed by atoms with Crippen LogP contribution in [0.15, 0.2) is 45.9 Å². The highest BCUT2D eigenvalue weighted by Crippen LogP contribution is 2.31. The minimum atomic E-state index is -4.27. The highest BCUT2D eigenvalue weighted by Gasteiger charge is 2.29. The van der Waals surface area contributed by atoms with Crippen LogP contribution in [-0.4, -0.2) is 41.0 Å². The summed E-state index contributed by atoms with van der Waals surface area (Å²) in [5, 5.41) is 4.35. The Morgan fingerprint density at radius 3 is 2.62 bits per heavy atom. The number of carbonyl (C=O) groups is 2. The van der Waals surface area contributed by atoms with E-state index in [9.17, 15) is 18.0 Å². The molecule has 0 aliphatic heterocycles. The molecule has 1 aromatic carbocycles. The number of esters is 1.